The van der Waals surface area contributed by atoms with Crippen LogP contribution in [-0.4, -0.2) is 19.9 Å². The molecule has 0 aliphatic heterocycles. The lowest BCUT2D eigenvalue weighted by Gasteiger charge is -2.25. The summed E-state index contributed by atoms with van der Waals surface area (Å²) in [6, 6.07) is 14.2. The summed E-state index contributed by atoms with van der Waals surface area (Å²) < 4.78 is 27.7. The highest BCUT2D eigenvalue weighted by molar-refractivity contribution is 7.89. The second-order valence-electron chi connectivity index (χ2n) is 6.41. The van der Waals surface area contributed by atoms with Gasteiger partial charge in [0.2, 0.25) is 10.0 Å². The van der Waals surface area contributed by atoms with Crippen LogP contribution < -0.4 is 4.72 Å². The van der Waals surface area contributed by atoms with E-state index in [9.17, 15) is 8.42 Å². The molecule has 0 aliphatic carbocycles. The van der Waals surface area contributed by atoms with Crippen LogP contribution >= 0.6 is 11.6 Å². The molecule has 0 unspecified atom stereocenters. The summed E-state index contributed by atoms with van der Waals surface area (Å²) >= 11 is 5.89. The summed E-state index contributed by atoms with van der Waals surface area (Å²) in [5.41, 5.74) is 1.75. The Kier molecular flexibility index (Phi) is 4.42. The van der Waals surface area contributed by atoms with Crippen LogP contribution in [0.25, 0.3) is 10.9 Å². The Labute approximate surface area is 146 Å². The first-order valence-corrected chi connectivity index (χ1v) is 9.47. The van der Waals surface area contributed by atoms with Crippen molar-refractivity contribution in [3.05, 3.63) is 65.3 Å². The number of hydrogen-bond acceptors (Lipinski definition) is 2. The zero-order valence-corrected chi connectivity index (χ0v) is 15.1. The summed E-state index contributed by atoms with van der Waals surface area (Å²) in [5.74, 6) is 0. The van der Waals surface area contributed by atoms with Gasteiger partial charge in [0, 0.05) is 34.1 Å². The summed E-state index contributed by atoms with van der Waals surface area (Å²) in [6.45, 7) is 4.32. The molecule has 24 heavy (non-hydrogen) atoms. The number of sulfonamides is 1. The number of rotatable bonds is 5. The molecule has 0 atom stereocenters. The third kappa shape index (κ3) is 3.34. The maximum Gasteiger partial charge on any atom is 0.240 e. The van der Waals surface area contributed by atoms with E-state index in [1.54, 1.807) is 12.1 Å². The molecule has 0 spiro atoms. The lowest BCUT2D eigenvalue weighted by molar-refractivity contribution is 0.505. The molecule has 0 radical (unpaired) electrons. The molecule has 0 amide bonds. The van der Waals surface area contributed by atoms with Crippen molar-refractivity contribution >= 4 is 32.5 Å². The van der Waals surface area contributed by atoms with E-state index in [0.29, 0.717) is 5.02 Å². The van der Waals surface area contributed by atoms with Gasteiger partial charge in [0.05, 0.1) is 4.90 Å². The van der Waals surface area contributed by atoms with Crippen LogP contribution in [-0.2, 0) is 15.4 Å². The maximum absolute atomic E-state index is 12.5. The Balaban J connectivity index is 1.85. The van der Waals surface area contributed by atoms with E-state index in [0.717, 1.165) is 16.5 Å². The SMILES string of the molecule is CC(C)(CNS(=O)(=O)c1cccc(Cl)c1)c1c[nH]c2ccccc12. The van der Waals surface area contributed by atoms with Crippen molar-refractivity contribution in [1.82, 2.24) is 9.71 Å². The van der Waals surface area contributed by atoms with E-state index < -0.39 is 10.0 Å². The fourth-order valence-corrected chi connectivity index (χ4v) is 4.23. The predicted octanol–water partition coefficient (Wildman–Crippen LogP) is 4.08. The van der Waals surface area contributed by atoms with Gasteiger partial charge in [-0.05, 0) is 29.8 Å². The number of nitrogens with one attached hydrogen (secondary N) is 2. The van der Waals surface area contributed by atoms with Gasteiger partial charge in [-0.2, -0.15) is 0 Å². The molecule has 0 bridgehead atoms. The van der Waals surface area contributed by atoms with Gasteiger partial charge < -0.3 is 4.98 Å². The number of aromatic nitrogens is 1. The van der Waals surface area contributed by atoms with Crippen LogP contribution in [0.15, 0.2) is 59.6 Å². The molecule has 0 aliphatic rings. The van der Waals surface area contributed by atoms with Gasteiger partial charge in [-0.15, -0.1) is 0 Å². The van der Waals surface area contributed by atoms with Crippen molar-refractivity contribution in [2.24, 2.45) is 0 Å². The van der Waals surface area contributed by atoms with Crippen molar-refractivity contribution in [2.75, 3.05) is 6.54 Å². The van der Waals surface area contributed by atoms with Crippen molar-refractivity contribution in [3.8, 4) is 0 Å². The average molecular weight is 363 g/mol. The molecule has 2 N–H and O–H groups in total. The molecule has 126 valence electrons. The zero-order chi connectivity index (χ0) is 17.4. The molecule has 3 aromatic rings. The van der Waals surface area contributed by atoms with Gasteiger partial charge in [-0.3, -0.25) is 0 Å². The number of para-hydroxylation sites is 1. The van der Waals surface area contributed by atoms with E-state index in [-0.39, 0.29) is 16.9 Å². The Morgan fingerprint density at radius 2 is 1.88 bits per heavy atom. The molecule has 0 saturated heterocycles. The first-order valence-electron chi connectivity index (χ1n) is 7.61. The first kappa shape index (κ1) is 17.0. The van der Waals surface area contributed by atoms with Gasteiger partial charge in [0.15, 0.2) is 0 Å². The topological polar surface area (TPSA) is 62.0 Å². The van der Waals surface area contributed by atoms with Crippen molar-refractivity contribution in [1.29, 1.82) is 0 Å². The van der Waals surface area contributed by atoms with Crippen molar-refractivity contribution < 1.29 is 8.42 Å². The molecule has 0 fully saturated rings. The second-order valence-corrected chi connectivity index (χ2v) is 8.62. The third-order valence-corrected chi connectivity index (χ3v) is 5.76. The number of H-pyrrole nitrogens is 1. The van der Waals surface area contributed by atoms with E-state index in [2.05, 4.69) is 9.71 Å². The number of fused-ring (bicyclic) bond motifs is 1. The smallest absolute Gasteiger partial charge is 0.240 e. The highest BCUT2D eigenvalue weighted by Crippen LogP contribution is 2.30. The highest BCUT2D eigenvalue weighted by atomic mass is 35.5. The molecule has 3 rings (SSSR count). The third-order valence-electron chi connectivity index (χ3n) is 4.13. The Bertz CT molecular complexity index is 977. The minimum Gasteiger partial charge on any atom is -0.361 e. The standard InChI is InChI=1S/C18H19ClN2O2S/c1-18(2,16-11-20-17-9-4-3-8-15(16)17)12-21-24(22,23)14-7-5-6-13(19)10-14/h3-11,20-21H,12H2,1-2H3. The fourth-order valence-electron chi connectivity index (χ4n) is 2.72. The molecule has 4 nitrogen and oxygen atoms in total. The van der Waals surface area contributed by atoms with Crippen LogP contribution in [0.5, 0.6) is 0 Å². The number of benzene rings is 2. The maximum atomic E-state index is 12.5. The van der Waals surface area contributed by atoms with E-state index in [4.69, 9.17) is 11.6 Å². The molecule has 6 heteroatoms. The van der Waals surface area contributed by atoms with Gasteiger partial charge in [0.25, 0.3) is 0 Å². The largest absolute Gasteiger partial charge is 0.361 e. The van der Waals surface area contributed by atoms with E-state index in [1.165, 1.54) is 12.1 Å². The minimum absolute atomic E-state index is 0.171. The summed E-state index contributed by atoms with van der Waals surface area (Å²) in [6.07, 6.45) is 1.94. The molecule has 1 heterocycles. The Hall–Kier alpha value is -1.82. The average Bonchev–Trinajstić information content (AvgIpc) is 2.98. The number of aromatic amines is 1. The van der Waals surface area contributed by atoms with Gasteiger partial charge in [-0.1, -0.05) is 49.7 Å². The van der Waals surface area contributed by atoms with Gasteiger partial charge >= 0.3 is 0 Å². The van der Waals surface area contributed by atoms with E-state index in [1.807, 2.05) is 44.3 Å². The zero-order valence-electron chi connectivity index (χ0n) is 13.5. The normalized spacial score (nSPS) is 12.6. The number of halogens is 1. The van der Waals surface area contributed by atoms with Crippen molar-refractivity contribution in [2.45, 2.75) is 24.2 Å². The van der Waals surface area contributed by atoms with Crippen LogP contribution in [0.2, 0.25) is 5.02 Å². The molecular weight excluding hydrogens is 344 g/mol. The monoisotopic (exact) mass is 362 g/mol. The summed E-state index contributed by atoms with van der Waals surface area (Å²) in [5, 5.41) is 1.50. The quantitative estimate of drug-likeness (QED) is 0.718. The van der Waals surface area contributed by atoms with Crippen LogP contribution in [0.1, 0.15) is 19.4 Å². The molecule has 2 aromatic carbocycles. The molecule has 1 aromatic heterocycles. The Morgan fingerprint density at radius 3 is 2.62 bits per heavy atom. The predicted molar refractivity (Wildman–Crippen MR) is 98.0 cm³/mol. The van der Waals surface area contributed by atoms with Gasteiger partial charge in [0.1, 0.15) is 0 Å². The lowest BCUT2D eigenvalue weighted by Crippen LogP contribution is -2.36. The fraction of sp³-hybridized carbons (Fsp3) is 0.222. The van der Waals surface area contributed by atoms with Crippen LogP contribution in [0.3, 0.4) is 0 Å². The van der Waals surface area contributed by atoms with E-state index >= 15 is 0 Å². The summed E-state index contributed by atoms with van der Waals surface area (Å²) in [7, 11) is -3.60. The van der Waals surface area contributed by atoms with Crippen LogP contribution in [0.4, 0.5) is 0 Å². The van der Waals surface area contributed by atoms with Crippen LogP contribution in [0, 0.1) is 0 Å². The molecular formula is C18H19ClN2O2S. The minimum atomic E-state index is -3.60. The second kappa shape index (κ2) is 6.24. The lowest BCUT2D eigenvalue weighted by atomic mass is 9.85. The highest BCUT2D eigenvalue weighted by Gasteiger charge is 2.26. The first-order chi connectivity index (χ1) is 11.3. The Morgan fingerprint density at radius 1 is 1.12 bits per heavy atom. The summed E-state index contributed by atoms with van der Waals surface area (Å²) in [4.78, 5) is 3.41. The molecule has 0 saturated carbocycles. The van der Waals surface area contributed by atoms with Gasteiger partial charge in [-0.25, -0.2) is 13.1 Å². The number of hydrogen-bond donors (Lipinski definition) is 2. The van der Waals surface area contributed by atoms with Crippen molar-refractivity contribution in [3.63, 3.8) is 0 Å².